The van der Waals surface area contributed by atoms with Gasteiger partial charge in [0.2, 0.25) is 0 Å². The summed E-state index contributed by atoms with van der Waals surface area (Å²) >= 11 is 0. The predicted molar refractivity (Wildman–Crippen MR) is 211 cm³/mol. The third-order valence-corrected chi connectivity index (χ3v) is 9.55. The second kappa shape index (κ2) is 30.6. The summed E-state index contributed by atoms with van der Waals surface area (Å²) < 4.78 is 11.3. The Bertz CT molecular complexity index is 832. The van der Waals surface area contributed by atoms with Gasteiger partial charge in [-0.3, -0.25) is 0 Å². The van der Waals surface area contributed by atoms with Gasteiger partial charge in [-0.1, -0.05) is 174 Å². The molecule has 0 aliphatic carbocycles. The summed E-state index contributed by atoms with van der Waals surface area (Å²) in [5, 5.41) is 3.50. The summed E-state index contributed by atoms with van der Waals surface area (Å²) in [5.41, 5.74) is 3.77. The Morgan fingerprint density at radius 1 is 0.532 bits per heavy atom. The summed E-state index contributed by atoms with van der Waals surface area (Å²) in [6, 6.07) is 6.22. The average Bonchev–Trinajstić information content (AvgIpc) is 3.05. The normalized spacial score (nSPS) is 13.4. The van der Waals surface area contributed by atoms with Crippen molar-refractivity contribution >= 4 is 11.3 Å². The Kier molecular flexibility index (Phi) is 28.3. The van der Waals surface area contributed by atoms with Crippen LogP contribution in [0.5, 0.6) is 5.75 Å². The highest BCUT2D eigenvalue weighted by molar-refractivity contribution is 5.80. The molecule has 3 nitrogen and oxygen atoms in total. The first-order valence-corrected chi connectivity index (χ1v) is 20.8. The molecule has 3 heteroatoms. The lowest BCUT2D eigenvalue weighted by atomic mass is 9.91. The molecule has 1 aromatic carbocycles. The Balaban J connectivity index is 0.000000569. The molecule has 0 fully saturated rings. The number of anilines is 1. The van der Waals surface area contributed by atoms with Crippen molar-refractivity contribution in [3.63, 3.8) is 0 Å². The number of ether oxygens (including phenoxy) is 2. The van der Waals surface area contributed by atoms with Gasteiger partial charge in [0.05, 0.1) is 12.1 Å². The van der Waals surface area contributed by atoms with Crippen LogP contribution in [0, 0.1) is 0 Å². The molecule has 1 aliphatic rings. The number of rotatable bonds is 30. The Hall–Kier alpha value is -1.48. The minimum atomic E-state index is 0.0320. The monoisotopic (exact) mass is 656 g/mol. The summed E-state index contributed by atoms with van der Waals surface area (Å²) in [4.78, 5) is 0. The van der Waals surface area contributed by atoms with Gasteiger partial charge in [0, 0.05) is 24.5 Å². The predicted octanol–water partition coefficient (Wildman–Crippen LogP) is 14.9. The summed E-state index contributed by atoms with van der Waals surface area (Å²) in [5.74, 6) is 0.940. The van der Waals surface area contributed by atoms with Crippen molar-refractivity contribution in [1.29, 1.82) is 0 Å². The van der Waals surface area contributed by atoms with E-state index in [1.54, 1.807) is 0 Å². The summed E-state index contributed by atoms with van der Waals surface area (Å²) in [7, 11) is 0. The molecular formula is C44H81NO2. The van der Waals surface area contributed by atoms with E-state index in [0.29, 0.717) is 6.61 Å². The van der Waals surface area contributed by atoms with Crippen molar-refractivity contribution in [3.05, 3.63) is 29.8 Å². The lowest BCUT2D eigenvalue weighted by Gasteiger charge is -2.31. The fourth-order valence-electron chi connectivity index (χ4n) is 6.76. The van der Waals surface area contributed by atoms with Crippen LogP contribution in [0.15, 0.2) is 24.3 Å². The van der Waals surface area contributed by atoms with Crippen molar-refractivity contribution in [2.45, 2.75) is 214 Å². The highest BCUT2D eigenvalue weighted by Gasteiger charge is 2.22. The summed E-state index contributed by atoms with van der Waals surface area (Å²) in [6.07, 6.45) is 39.3. The smallest absolute Gasteiger partial charge is 0.120 e. The zero-order valence-corrected chi connectivity index (χ0v) is 32.6. The third-order valence-electron chi connectivity index (χ3n) is 9.55. The molecule has 0 amide bonds. The van der Waals surface area contributed by atoms with Crippen molar-refractivity contribution in [2.75, 3.05) is 25.1 Å². The van der Waals surface area contributed by atoms with Gasteiger partial charge in [0.1, 0.15) is 5.75 Å². The number of fused-ring (bicyclic) bond motifs is 1. The molecule has 1 aromatic rings. The van der Waals surface area contributed by atoms with Gasteiger partial charge >= 0.3 is 0 Å². The zero-order valence-electron chi connectivity index (χ0n) is 32.6. The molecule has 1 N–H and O–H groups in total. The molecule has 0 radical (unpaired) electrons. The molecular weight excluding hydrogens is 574 g/mol. The van der Waals surface area contributed by atoms with E-state index in [1.807, 2.05) is 13.0 Å². The second-order valence-corrected chi connectivity index (χ2v) is 14.9. The van der Waals surface area contributed by atoms with Crippen molar-refractivity contribution in [3.8, 4) is 5.75 Å². The fourth-order valence-corrected chi connectivity index (χ4v) is 6.76. The third kappa shape index (κ3) is 25.2. The van der Waals surface area contributed by atoms with Crippen molar-refractivity contribution < 1.29 is 9.47 Å². The Morgan fingerprint density at radius 2 is 0.915 bits per heavy atom. The molecule has 47 heavy (non-hydrogen) atoms. The number of unbranched alkanes of at least 4 members (excludes halogenated alkanes) is 24. The highest BCUT2D eigenvalue weighted by Crippen LogP contribution is 2.35. The van der Waals surface area contributed by atoms with E-state index in [0.717, 1.165) is 19.0 Å². The van der Waals surface area contributed by atoms with E-state index in [2.05, 4.69) is 58.1 Å². The maximum absolute atomic E-state index is 5.82. The van der Waals surface area contributed by atoms with Crippen LogP contribution in [0.3, 0.4) is 0 Å². The molecule has 0 atom stereocenters. The molecule has 0 saturated carbocycles. The van der Waals surface area contributed by atoms with Crippen molar-refractivity contribution in [1.82, 2.24) is 0 Å². The van der Waals surface area contributed by atoms with Crippen LogP contribution >= 0.6 is 0 Å². The zero-order chi connectivity index (χ0) is 34.3. The first-order valence-electron chi connectivity index (χ1n) is 20.8. The molecule has 0 spiro atoms. The topological polar surface area (TPSA) is 30.5 Å². The largest absolute Gasteiger partial charge is 0.494 e. The lowest BCUT2D eigenvalue weighted by molar-refractivity contribution is 0.125. The number of allylic oxidation sites excluding steroid dienone is 1. The lowest BCUT2D eigenvalue weighted by Crippen LogP contribution is -2.31. The van der Waals surface area contributed by atoms with Gasteiger partial charge in [-0.05, 0) is 64.3 Å². The van der Waals surface area contributed by atoms with Crippen LogP contribution in [0.1, 0.15) is 214 Å². The minimum absolute atomic E-state index is 0.0320. The van der Waals surface area contributed by atoms with E-state index in [9.17, 15) is 0 Å². The van der Waals surface area contributed by atoms with Gasteiger partial charge in [-0.15, -0.1) is 0 Å². The van der Waals surface area contributed by atoms with E-state index in [-0.39, 0.29) is 5.54 Å². The highest BCUT2D eigenvalue weighted by atomic mass is 16.5. The summed E-state index contributed by atoms with van der Waals surface area (Å²) in [6.45, 7) is 15.8. The minimum Gasteiger partial charge on any atom is -0.494 e. The number of hydrogen-bond donors (Lipinski definition) is 1. The van der Waals surface area contributed by atoms with Gasteiger partial charge in [-0.25, -0.2) is 0 Å². The van der Waals surface area contributed by atoms with Crippen LogP contribution in [0.2, 0.25) is 0 Å². The van der Waals surface area contributed by atoms with Gasteiger partial charge in [0.25, 0.3) is 0 Å². The van der Waals surface area contributed by atoms with E-state index in [1.165, 1.54) is 184 Å². The number of benzene rings is 1. The molecule has 0 bridgehead atoms. The standard InChI is InChI=1S/C30H62O.C14H19NO/c1-3-5-7-9-11-13-15-16-17-18-19-20-22-24-26-28-30-31-29-27-25-23-21-14-12-10-8-6-4-2;1-5-16-11-6-7-13-12(8-11)10(2)9-14(3,4)15-13/h3-30H2,1-2H3;6-9,15H,5H2,1-4H3. The molecule has 0 saturated heterocycles. The van der Waals surface area contributed by atoms with Crippen LogP contribution < -0.4 is 10.1 Å². The maximum Gasteiger partial charge on any atom is 0.120 e. The molecule has 2 rings (SSSR count). The van der Waals surface area contributed by atoms with Crippen LogP contribution in [-0.2, 0) is 4.74 Å². The maximum atomic E-state index is 5.82. The van der Waals surface area contributed by atoms with Crippen molar-refractivity contribution in [2.24, 2.45) is 0 Å². The SMILES string of the molecule is CCCCCCCCCCCCCCCCCCOCCCCCCCCCCCC.CCOc1ccc2c(c1)C(C)=CC(C)(C)N2. The molecule has 1 aliphatic heterocycles. The number of nitrogens with one attached hydrogen (secondary N) is 1. The van der Waals surface area contributed by atoms with Gasteiger partial charge in [0.15, 0.2) is 0 Å². The quantitative estimate of drug-likeness (QED) is 0.0837. The van der Waals surface area contributed by atoms with Crippen LogP contribution in [-0.4, -0.2) is 25.4 Å². The van der Waals surface area contributed by atoms with E-state index in [4.69, 9.17) is 9.47 Å². The van der Waals surface area contributed by atoms with Gasteiger partial charge < -0.3 is 14.8 Å². The Labute approximate surface area is 294 Å². The van der Waals surface area contributed by atoms with Crippen LogP contribution in [0.4, 0.5) is 5.69 Å². The first kappa shape index (κ1) is 43.5. The Morgan fingerprint density at radius 3 is 1.30 bits per heavy atom. The number of hydrogen-bond acceptors (Lipinski definition) is 3. The second-order valence-electron chi connectivity index (χ2n) is 14.9. The molecule has 0 aromatic heterocycles. The van der Waals surface area contributed by atoms with E-state index < -0.39 is 0 Å². The fraction of sp³-hybridized carbons (Fsp3) is 0.818. The first-order chi connectivity index (χ1) is 22.9. The molecule has 0 unspecified atom stereocenters. The molecule has 274 valence electrons. The van der Waals surface area contributed by atoms with Gasteiger partial charge in [-0.2, -0.15) is 0 Å². The van der Waals surface area contributed by atoms with Crippen LogP contribution in [0.25, 0.3) is 5.57 Å². The van der Waals surface area contributed by atoms with E-state index >= 15 is 0 Å². The molecule has 1 heterocycles. The average molecular weight is 656 g/mol.